The zero-order valence-corrected chi connectivity index (χ0v) is 23.1. The van der Waals surface area contributed by atoms with E-state index in [9.17, 15) is 18.0 Å². The van der Waals surface area contributed by atoms with Gasteiger partial charge in [0, 0.05) is 22.1 Å². The highest BCUT2D eigenvalue weighted by Crippen LogP contribution is 2.28. The normalized spacial score (nSPS) is 15.3. The van der Waals surface area contributed by atoms with E-state index in [4.69, 9.17) is 11.6 Å². The van der Waals surface area contributed by atoms with Gasteiger partial charge in [-0.2, -0.15) is 0 Å². The second-order valence-corrected chi connectivity index (χ2v) is 12.0. The molecule has 1 aliphatic carbocycles. The maximum absolute atomic E-state index is 13.6. The van der Waals surface area contributed by atoms with Crippen LogP contribution in [-0.2, 0) is 26.2 Å². The van der Waals surface area contributed by atoms with Crippen molar-refractivity contribution < 1.29 is 18.0 Å². The number of benzene rings is 2. The number of rotatable bonds is 9. The van der Waals surface area contributed by atoms with Crippen molar-refractivity contribution in [1.82, 2.24) is 10.2 Å². The summed E-state index contributed by atoms with van der Waals surface area (Å²) in [6.45, 7) is 1.29. The molecule has 0 radical (unpaired) electrons. The van der Waals surface area contributed by atoms with E-state index >= 15 is 0 Å². The van der Waals surface area contributed by atoms with E-state index in [1.807, 2.05) is 0 Å². The summed E-state index contributed by atoms with van der Waals surface area (Å²) in [5.41, 5.74) is 1.02. The summed E-state index contributed by atoms with van der Waals surface area (Å²) in [6, 6.07) is 13.2. The van der Waals surface area contributed by atoms with Gasteiger partial charge < -0.3 is 10.2 Å². The Labute approximate surface area is 221 Å². The Balaban J connectivity index is 1.89. The van der Waals surface area contributed by atoms with Crippen LogP contribution in [0.25, 0.3) is 0 Å². The molecule has 1 N–H and O–H groups in total. The molecule has 0 bridgehead atoms. The first-order valence-electron chi connectivity index (χ1n) is 11.6. The molecule has 2 aromatic rings. The van der Waals surface area contributed by atoms with Gasteiger partial charge in [0.1, 0.15) is 12.6 Å². The molecule has 0 unspecified atom stereocenters. The summed E-state index contributed by atoms with van der Waals surface area (Å²) >= 11 is 9.73. The number of nitrogens with one attached hydrogen (secondary N) is 1. The highest BCUT2D eigenvalue weighted by molar-refractivity contribution is 9.10. The van der Waals surface area contributed by atoms with Crippen LogP contribution >= 0.6 is 27.5 Å². The first-order chi connectivity index (χ1) is 16.6. The Morgan fingerprint density at radius 2 is 1.71 bits per heavy atom. The van der Waals surface area contributed by atoms with Crippen molar-refractivity contribution >= 4 is 55.1 Å². The molecule has 10 heteroatoms. The molecule has 2 aromatic carbocycles. The van der Waals surface area contributed by atoms with E-state index in [2.05, 4.69) is 21.2 Å². The topological polar surface area (TPSA) is 86.8 Å². The maximum atomic E-state index is 13.6. The molecule has 1 fully saturated rings. The fourth-order valence-corrected chi connectivity index (χ4v) is 5.88. The number of carbonyl (C=O) groups excluding carboxylic acids is 2. The standard InChI is InChI=1S/C25H31BrClN3O4S/c1-18(25(32)28-20-11-4-3-5-12-20)29(16-19-10-6-8-14-22(19)27)24(31)17-30(35(2,33)34)23-15-9-7-13-21(23)26/h6-10,13-15,18,20H,3-5,11-12,16-17H2,1-2H3,(H,28,32)/t18-/m1/s1. The number of hydrogen-bond acceptors (Lipinski definition) is 4. The van der Waals surface area contributed by atoms with Crippen LogP contribution in [0.1, 0.15) is 44.6 Å². The molecule has 1 saturated carbocycles. The fourth-order valence-electron chi connectivity index (χ4n) is 4.21. The molecule has 0 aliphatic heterocycles. The van der Waals surface area contributed by atoms with Gasteiger partial charge in [-0.05, 0) is 59.5 Å². The van der Waals surface area contributed by atoms with Crippen LogP contribution in [0.5, 0.6) is 0 Å². The summed E-state index contributed by atoms with van der Waals surface area (Å²) in [7, 11) is -3.79. The molecule has 3 rings (SSSR count). The highest BCUT2D eigenvalue weighted by atomic mass is 79.9. The van der Waals surface area contributed by atoms with E-state index in [1.165, 1.54) is 4.90 Å². The lowest BCUT2D eigenvalue weighted by atomic mass is 9.95. The lowest BCUT2D eigenvalue weighted by Crippen LogP contribution is -2.53. The third kappa shape index (κ3) is 7.44. The SMILES string of the molecule is C[C@H](C(=O)NC1CCCCC1)N(Cc1ccccc1Cl)C(=O)CN(c1ccccc1Br)S(C)(=O)=O. The predicted octanol–water partition coefficient (Wildman–Crippen LogP) is 4.73. The van der Waals surface area contributed by atoms with Crippen molar-refractivity contribution in [1.29, 1.82) is 0 Å². The minimum atomic E-state index is -3.79. The number of halogens is 2. The second kappa shape index (κ2) is 12.2. The van der Waals surface area contributed by atoms with Crippen LogP contribution in [0.4, 0.5) is 5.69 Å². The maximum Gasteiger partial charge on any atom is 0.244 e. The van der Waals surface area contributed by atoms with Gasteiger partial charge in [0.15, 0.2) is 0 Å². The van der Waals surface area contributed by atoms with Crippen LogP contribution in [0, 0.1) is 0 Å². The molecule has 1 aliphatic rings. The Bertz CT molecular complexity index is 1150. The van der Waals surface area contributed by atoms with Gasteiger partial charge in [-0.15, -0.1) is 0 Å². The van der Waals surface area contributed by atoms with Crippen molar-refractivity contribution in [2.75, 3.05) is 17.1 Å². The van der Waals surface area contributed by atoms with Crippen molar-refractivity contribution in [3.05, 3.63) is 63.6 Å². The lowest BCUT2D eigenvalue weighted by molar-refractivity contribution is -0.139. The van der Waals surface area contributed by atoms with Gasteiger partial charge in [-0.1, -0.05) is 61.2 Å². The fraction of sp³-hybridized carbons (Fsp3) is 0.440. The Morgan fingerprint density at radius 3 is 2.34 bits per heavy atom. The molecule has 2 amide bonds. The predicted molar refractivity (Wildman–Crippen MR) is 143 cm³/mol. The highest BCUT2D eigenvalue weighted by Gasteiger charge is 2.32. The first-order valence-corrected chi connectivity index (χ1v) is 14.7. The minimum Gasteiger partial charge on any atom is -0.352 e. The number of nitrogens with zero attached hydrogens (tertiary/aromatic N) is 2. The number of anilines is 1. The van der Waals surface area contributed by atoms with E-state index in [-0.39, 0.29) is 18.5 Å². The van der Waals surface area contributed by atoms with Crippen LogP contribution in [-0.4, -0.2) is 50.0 Å². The summed E-state index contributed by atoms with van der Waals surface area (Å²) in [5, 5.41) is 3.54. The molecule has 1 atom stereocenters. The summed E-state index contributed by atoms with van der Waals surface area (Å²) in [6.07, 6.45) is 6.18. The van der Waals surface area contributed by atoms with Gasteiger partial charge in [0.05, 0.1) is 11.9 Å². The number of carbonyl (C=O) groups is 2. The molecule has 190 valence electrons. The Morgan fingerprint density at radius 1 is 1.09 bits per heavy atom. The quantitative estimate of drug-likeness (QED) is 0.462. The Hall–Kier alpha value is -2.10. The third-order valence-corrected chi connectivity index (χ3v) is 8.38. The van der Waals surface area contributed by atoms with E-state index < -0.39 is 28.5 Å². The van der Waals surface area contributed by atoms with Gasteiger partial charge in [-0.3, -0.25) is 13.9 Å². The first kappa shape index (κ1) is 27.5. The molecule has 0 spiro atoms. The zero-order valence-electron chi connectivity index (χ0n) is 19.9. The van der Waals surface area contributed by atoms with Gasteiger partial charge in [-0.25, -0.2) is 8.42 Å². The zero-order chi connectivity index (χ0) is 25.6. The van der Waals surface area contributed by atoms with Crippen LogP contribution in [0.15, 0.2) is 53.0 Å². The van der Waals surface area contributed by atoms with Crippen molar-refractivity contribution in [2.45, 2.75) is 57.7 Å². The molecule has 0 heterocycles. The number of hydrogen-bond donors (Lipinski definition) is 1. The molecule has 0 aromatic heterocycles. The molecule has 7 nitrogen and oxygen atoms in total. The van der Waals surface area contributed by atoms with Crippen molar-refractivity contribution in [3.8, 4) is 0 Å². The number of sulfonamides is 1. The Kier molecular flexibility index (Phi) is 9.61. The van der Waals surface area contributed by atoms with Crippen molar-refractivity contribution in [2.24, 2.45) is 0 Å². The average Bonchev–Trinajstić information content (AvgIpc) is 2.82. The van der Waals surface area contributed by atoms with E-state index in [0.29, 0.717) is 20.7 Å². The molecule has 0 saturated heterocycles. The molecule has 35 heavy (non-hydrogen) atoms. The van der Waals surface area contributed by atoms with Crippen LogP contribution < -0.4 is 9.62 Å². The van der Waals surface area contributed by atoms with Gasteiger partial charge >= 0.3 is 0 Å². The summed E-state index contributed by atoms with van der Waals surface area (Å²) < 4.78 is 26.9. The largest absolute Gasteiger partial charge is 0.352 e. The minimum absolute atomic E-state index is 0.0747. The summed E-state index contributed by atoms with van der Waals surface area (Å²) in [4.78, 5) is 28.2. The number of amides is 2. The van der Waals surface area contributed by atoms with Gasteiger partial charge in [0.25, 0.3) is 0 Å². The van der Waals surface area contributed by atoms with Crippen molar-refractivity contribution in [3.63, 3.8) is 0 Å². The van der Waals surface area contributed by atoms with Crippen LogP contribution in [0.2, 0.25) is 5.02 Å². The number of para-hydroxylation sites is 1. The second-order valence-electron chi connectivity index (χ2n) is 8.85. The lowest BCUT2D eigenvalue weighted by Gasteiger charge is -2.33. The van der Waals surface area contributed by atoms with Gasteiger partial charge in [0.2, 0.25) is 21.8 Å². The third-order valence-electron chi connectivity index (χ3n) is 6.22. The average molecular weight is 585 g/mol. The van der Waals surface area contributed by atoms with Crippen LogP contribution in [0.3, 0.4) is 0 Å². The molecular formula is C25H31BrClN3O4S. The molecular weight excluding hydrogens is 554 g/mol. The van der Waals surface area contributed by atoms with E-state index in [0.717, 1.165) is 42.7 Å². The van der Waals surface area contributed by atoms with E-state index in [1.54, 1.807) is 55.5 Å². The smallest absolute Gasteiger partial charge is 0.244 e. The monoisotopic (exact) mass is 583 g/mol. The summed E-state index contributed by atoms with van der Waals surface area (Å²) in [5.74, 6) is -0.763.